The van der Waals surface area contributed by atoms with Gasteiger partial charge >= 0.3 is 5.97 Å². The van der Waals surface area contributed by atoms with E-state index in [9.17, 15) is 18.4 Å². The second-order valence-electron chi connectivity index (χ2n) is 6.65. The second kappa shape index (κ2) is 7.47. The lowest BCUT2D eigenvalue weighted by Gasteiger charge is -2.25. The number of hydrogen-bond acceptors (Lipinski definition) is 3. The number of carbonyl (C=O) groups is 2. The van der Waals surface area contributed by atoms with E-state index in [4.69, 9.17) is 9.84 Å². The molecule has 1 N–H and O–H groups in total. The number of benzene rings is 1. The minimum atomic E-state index is -0.988. The molecule has 5 nitrogen and oxygen atoms in total. The van der Waals surface area contributed by atoms with Crippen LogP contribution in [0.25, 0.3) is 0 Å². The fraction of sp³-hybridized carbons (Fsp3) is 0.556. The van der Waals surface area contributed by atoms with Crippen molar-refractivity contribution in [1.82, 2.24) is 4.90 Å². The molecule has 1 aromatic carbocycles. The standard InChI is InChI=1S/C18H21F2NO4/c19-14-4-1-5-15(20)17(14)12-9-13(12)18(24)21(7-6-16(22)23)10-11-3-2-8-25-11/h1,4-5,11-13H,2-3,6-10H2,(H,22,23)/t11-,12-,13-/m0/s1. The number of rotatable bonds is 7. The predicted octanol–water partition coefficient (Wildman–Crippen LogP) is 2.55. The fourth-order valence-corrected chi connectivity index (χ4v) is 3.44. The Bertz CT molecular complexity index is 640. The molecule has 7 heteroatoms. The third-order valence-electron chi connectivity index (χ3n) is 4.83. The summed E-state index contributed by atoms with van der Waals surface area (Å²) in [5, 5.41) is 8.89. The van der Waals surface area contributed by atoms with Crippen LogP contribution in [-0.2, 0) is 14.3 Å². The van der Waals surface area contributed by atoms with Crippen LogP contribution in [0, 0.1) is 17.6 Å². The molecular weight excluding hydrogens is 332 g/mol. The van der Waals surface area contributed by atoms with E-state index in [1.807, 2.05) is 0 Å². The number of carbonyl (C=O) groups excluding carboxylic acids is 1. The van der Waals surface area contributed by atoms with E-state index in [0.717, 1.165) is 12.8 Å². The van der Waals surface area contributed by atoms with Crippen molar-refractivity contribution < 1.29 is 28.2 Å². The highest BCUT2D eigenvalue weighted by molar-refractivity contribution is 5.83. The number of nitrogens with zero attached hydrogens (tertiary/aromatic N) is 1. The first-order valence-electron chi connectivity index (χ1n) is 8.53. The van der Waals surface area contributed by atoms with Crippen molar-refractivity contribution in [3.8, 4) is 0 Å². The van der Waals surface area contributed by atoms with Crippen LogP contribution in [0.15, 0.2) is 18.2 Å². The predicted molar refractivity (Wildman–Crippen MR) is 85.0 cm³/mol. The molecule has 1 aromatic rings. The molecule has 2 fully saturated rings. The summed E-state index contributed by atoms with van der Waals surface area (Å²) >= 11 is 0. The van der Waals surface area contributed by atoms with Gasteiger partial charge in [0.05, 0.1) is 12.5 Å². The Morgan fingerprint density at radius 3 is 2.60 bits per heavy atom. The average molecular weight is 353 g/mol. The Hall–Kier alpha value is -2.02. The first-order chi connectivity index (χ1) is 12.0. The van der Waals surface area contributed by atoms with Crippen molar-refractivity contribution in [3.05, 3.63) is 35.4 Å². The Kier molecular flexibility index (Phi) is 5.32. The van der Waals surface area contributed by atoms with Crippen molar-refractivity contribution in [2.45, 2.75) is 37.7 Å². The largest absolute Gasteiger partial charge is 0.481 e. The molecule has 0 radical (unpaired) electrons. The van der Waals surface area contributed by atoms with E-state index in [0.29, 0.717) is 19.6 Å². The molecule has 25 heavy (non-hydrogen) atoms. The molecule has 1 saturated carbocycles. The summed E-state index contributed by atoms with van der Waals surface area (Å²) in [6, 6.07) is 3.67. The topological polar surface area (TPSA) is 66.8 Å². The lowest BCUT2D eigenvalue weighted by Crippen LogP contribution is -2.40. The van der Waals surface area contributed by atoms with Crippen LogP contribution in [0.2, 0.25) is 0 Å². The van der Waals surface area contributed by atoms with Gasteiger partial charge < -0.3 is 14.7 Å². The summed E-state index contributed by atoms with van der Waals surface area (Å²) < 4.78 is 33.3. The zero-order valence-corrected chi connectivity index (χ0v) is 13.8. The summed E-state index contributed by atoms with van der Waals surface area (Å²) in [5.74, 6) is -3.50. The molecule has 0 aromatic heterocycles. The van der Waals surface area contributed by atoms with E-state index in [1.54, 1.807) is 0 Å². The van der Waals surface area contributed by atoms with E-state index in [2.05, 4.69) is 0 Å². The monoisotopic (exact) mass is 353 g/mol. The molecule has 3 atom stereocenters. The van der Waals surface area contributed by atoms with E-state index in [-0.39, 0.29) is 30.5 Å². The maximum absolute atomic E-state index is 13.9. The van der Waals surface area contributed by atoms with Gasteiger partial charge in [0.2, 0.25) is 5.91 Å². The zero-order valence-electron chi connectivity index (χ0n) is 13.8. The molecule has 1 aliphatic heterocycles. The van der Waals surface area contributed by atoms with Gasteiger partial charge in [0.1, 0.15) is 11.6 Å². The number of amides is 1. The molecule has 0 spiro atoms. The Labute approximate surface area is 144 Å². The van der Waals surface area contributed by atoms with Crippen LogP contribution in [0.3, 0.4) is 0 Å². The van der Waals surface area contributed by atoms with E-state index < -0.39 is 29.4 Å². The Morgan fingerprint density at radius 1 is 1.28 bits per heavy atom. The lowest BCUT2D eigenvalue weighted by atomic mass is 10.1. The molecule has 1 heterocycles. The maximum atomic E-state index is 13.9. The number of halogens is 2. The molecule has 136 valence electrons. The molecule has 1 aliphatic carbocycles. The first kappa shape index (κ1) is 17.8. The summed E-state index contributed by atoms with van der Waals surface area (Å²) in [6.45, 7) is 1.05. The molecule has 2 aliphatic rings. The highest BCUT2D eigenvalue weighted by atomic mass is 19.1. The third kappa shape index (κ3) is 4.15. The van der Waals surface area contributed by atoms with Crippen LogP contribution < -0.4 is 0 Å². The van der Waals surface area contributed by atoms with Crippen LogP contribution in [0.4, 0.5) is 8.78 Å². The lowest BCUT2D eigenvalue weighted by molar-refractivity contribution is -0.139. The first-order valence-corrected chi connectivity index (χ1v) is 8.53. The van der Waals surface area contributed by atoms with Gasteiger partial charge in [-0.15, -0.1) is 0 Å². The number of carboxylic acids is 1. The van der Waals surface area contributed by atoms with Gasteiger partial charge in [-0.25, -0.2) is 8.78 Å². The molecule has 1 saturated heterocycles. The number of aliphatic carboxylic acids is 1. The van der Waals surface area contributed by atoms with Crippen molar-refractivity contribution in [3.63, 3.8) is 0 Å². The number of hydrogen-bond donors (Lipinski definition) is 1. The highest BCUT2D eigenvalue weighted by Crippen LogP contribution is 2.50. The van der Waals surface area contributed by atoms with Crippen LogP contribution in [0.5, 0.6) is 0 Å². The van der Waals surface area contributed by atoms with Gasteiger partial charge in [-0.05, 0) is 31.4 Å². The van der Waals surface area contributed by atoms with Crippen molar-refractivity contribution in [2.24, 2.45) is 5.92 Å². The van der Waals surface area contributed by atoms with Gasteiger partial charge in [-0.3, -0.25) is 9.59 Å². The Balaban J connectivity index is 1.68. The highest BCUT2D eigenvalue weighted by Gasteiger charge is 2.48. The Morgan fingerprint density at radius 2 is 2.00 bits per heavy atom. The van der Waals surface area contributed by atoms with Crippen molar-refractivity contribution in [2.75, 3.05) is 19.7 Å². The van der Waals surface area contributed by atoms with Gasteiger partial charge in [0.25, 0.3) is 0 Å². The van der Waals surface area contributed by atoms with Gasteiger partial charge in [-0.2, -0.15) is 0 Å². The number of ether oxygens (including phenoxy) is 1. The fourth-order valence-electron chi connectivity index (χ4n) is 3.44. The molecule has 0 unspecified atom stereocenters. The molecule has 1 amide bonds. The van der Waals surface area contributed by atoms with E-state index >= 15 is 0 Å². The third-order valence-corrected chi connectivity index (χ3v) is 4.83. The SMILES string of the molecule is O=C(O)CCN(C[C@@H]1CCCO1)C(=O)[C@H]1C[C@@H]1c1c(F)cccc1F. The summed E-state index contributed by atoms with van der Waals surface area (Å²) in [4.78, 5) is 25.1. The molecular formula is C18H21F2NO4. The minimum absolute atomic E-state index is 0.0452. The van der Waals surface area contributed by atoms with Gasteiger partial charge in [0.15, 0.2) is 0 Å². The van der Waals surface area contributed by atoms with Crippen LogP contribution in [0.1, 0.15) is 37.2 Å². The zero-order chi connectivity index (χ0) is 18.0. The van der Waals surface area contributed by atoms with Crippen LogP contribution in [-0.4, -0.2) is 47.7 Å². The quantitative estimate of drug-likeness (QED) is 0.818. The van der Waals surface area contributed by atoms with Gasteiger partial charge in [0, 0.05) is 37.1 Å². The van der Waals surface area contributed by atoms with Crippen molar-refractivity contribution >= 4 is 11.9 Å². The maximum Gasteiger partial charge on any atom is 0.305 e. The summed E-state index contributed by atoms with van der Waals surface area (Å²) in [6.07, 6.45) is 1.86. The normalized spacial score (nSPS) is 25.0. The smallest absolute Gasteiger partial charge is 0.305 e. The van der Waals surface area contributed by atoms with Crippen LogP contribution >= 0.6 is 0 Å². The second-order valence-corrected chi connectivity index (χ2v) is 6.65. The summed E-state index contributed by atoms with van der Waals surface area (Å²) in [7, 11) is 0. The average Bonchev–Trinajstić information content (AvgIpc) is 3.16. The molecule has 3 rings (SSSR count). The summed E-state index contributed by atoms with van der Waals surface area (Å²) in [5.41, 5.74) is -0.0452. The molecule has 0 bridgehead atoms. The minimum Gasteiger partial charge on any atom is -0.481 e. The number of carboxylic acid groups (broad SMARTS) is 1. The van der Waals surface area contributed by atoms with Gasteiger partial charge in [-0.1, -0.05) is 6.07 Å². The van der Waals surface area contributed by atoms with Crippen molar-refractivity contribution in [1.29, 1.82) is 0 Å². The van der Waals surface area contributed by atoms with E-state index in [1.165, 1.54) is 23.1 Å².